The van der Waals surface area contributed by atoms with Crippen molar-refractivity contribution in [3.8, 4) is 11.5 Å². The maximum atomic E-state index is 13.7. The zero-order valence-corrected chi connectivity index (χ0v) is 11.1. The number of benzene rings is 1. The van der Waals surface area contributed by atoms with Gasteiger partial charge in [0.15, 0.2) is 11.5 Å². The smallest absolute Gasteiger partial charge is 0.172 e. The molecule has 16 heavy (non-hydrogen) atoms. The average molecular weight is 292 g/mol. The van der Waals surface area contributed by atoms with Gasteiger partial charge in [0.1, 0.15) is 5.82 Å². The Morgan fingerprint density at radius 1 is 1.56 bits per heavy atom. The topological polar surface area (TPSA) is 55.5 Å². The van der Waals surface area contributed by atoms with E-state index in [1.165, 1.54) is 7.11 Å². The van der Waals surface area contributed by atoms with E-state index in [-0.39, 0.29) is 11.5 Å². The molecule has 0 aliphatic heterocycles. The van der Waals surface area contributed by atoms with E-state index in [1.807, 2.05) is 0 Å². The van der Waals surface area contributed by atoms with Gasteiger partial charge in [0.2, 0.25) is 0 Å². The molecule has 0 atom stereocenters. The van der Waals surface area contributed by atoms with Crippen LogP contribution < -0.4 is 10.5 Å². The summed E-state index contributed by atoms with van der Waals surface area (Å²) in [5.41, 5.74) is 5.63. The number of phenols is 1. The van der Waals surface area contributed by atoms with Gasteiger partial charge in [0.25, 0.3) is 0 Å². The van der Waals surface area contributed by atoms with Gasteiger partial charge in [-0.1, -0.05) is 0 Å². The fourth-order valence-corrected chi connectivity index (χ4v) is 1.92. The van der Waals surface area contributed by atoms with Crippen molar-refractivity contribution < 1.29 is 14.2 Å². The van der Waals surface area contributed by atoms with Crippen LogP contribution in [0.4, 0.5) is 4.39 Å². The SMILES string of the molecule is COc1cc(F)c(CC(C)(C)N)c(Br)c1O. The van der Waals surface area contributed by atoms with E-state index in [2.05, 4.69) is 15.9 Å². The molecule has 0 aliphatic carbocycles. The molecule has 1 aromatic carbocycles. The van der Waals surface area contributed by atoms with Crippen LogP contribution in [0.25, 0.3) is 0 Å². The fourth-order valence-electron chi connectivity index (χ4n) is 1.40. The zero-order chi connectivity index (χ0) is 12.5. The van der Waals surface area contributed by atoms with Gasteiger partial charge in [-0.2, -0.15) is 0 Å². The fraction of sp³-hybridized carbons (Fsp3) is 0.455. The Bertz CT molecular complexity index is 402. The molecule has 5 heteroatoms. The van der Waals surface area contributed by atoms with E-state index in [9.17, 15) is 9.50 Å². The number of halogens is 2. The molecule has 3 nitrogen and oxygen atoms in total. The highest BCUT2D eigenvalue weighted by atomic mass is 79.9. The quantitative estimate of drug-likeness (QED) is 0.900. The van der Waals surface area contributed by atoms with Crippen LogP contribution in [-0.4, -0.2) is 17.8 Å². The summed E-state index contributed by atoms with van der Waals surface area (Å²) in [5.74, 6) is -0.453. The largest absolute Gasteiger partial charge is 0.503 e. The van der Waals surface area contributed by atoms with Crippen molar-refractivity contribution in [2.45, 2.75) is 25.8 Å². The highest BCUT2D eigenvalue weighted by Crippen LogP contribution is 2.39. The molecule has 1 rings (SSSR count). The first-order chi connectivity index (χ1) is 7.26. The number of methoxy groups -OCH3 is 1. The second kappa shape index (κ2) is 4.59. The van der Waals surface area contributed by atoms with Crippen LogP contribution in [0.1, 0.15) is 19.4 Å². The minimum absolute atomic E-state index is 0.1000. The molecule has 0 unspecified atom stereocenters. The van der Waals surface area contributed by atoms with Gasteiger partial charge in [-0.15, -0.1) is 0 Å². The lowest BCUT2D eigenvalue weighted by Gasteiger charge is -2.20. The van der Waals surface area contributed by atoms with Crippen molar-refractivity contribution in [1.82, 2.24) is 0 Å². The molecule has 90 valence electrons. The second-order valence-electron chi connectivity index (χ2n) is 4.37. The summed E-state index contributed by atoms with van der Waals surface area (Å²) in [5, 5.41) is 9.72. The molecule has 0 aromatic heterocycles. The summed E-state index contributed by atoms with van der Waals surface area (Å²) in [6, 6.07) is 1.15. The molecule has 3 N–H and O–H groups in total. The first-order valence-corrected chi connectivity index (χ1v) is 5.58. The number of phenolic OH excluding ortho intramolecular Hbond substituents is 1. The first kappa shape index (κ1) is 13.3. The van der Waals surface area contributed by atoms with Crippen LogP contribution in [0, 0.1) is 5.82 Å². The van der Waals surface area contributed by atoms with Crippen molar-refractivity contribution in [3.63, 3.8) is 0 Å². The Hall–Kier alpha value is -0.810. The predicted molar refractivity (Wildman–Crippen MR) is 64.3 cm³/mol. The van der Waals surface area contributed by atoms with Crippen molar-refractivity contribution in [2.24, 2.45) is 5.73 Å². The van der Waals surface area contributed by atoms with Gasteiger partial charge in [-0.05, 0) is 36.2 Å². The average Bonchev–Trinajstić information content (AvgIpc) is 2.17. The van der Waals surface area contributed by atoms with Crippen molar-refractivity contribution >= 4 is 15.9 Å². The van der Waals surface area contributed by atoms with Gasteiger partial charge in [0, 0.05) is 17.2 Å². The monoisotopic (exact) mass is 291 g/mol. The molecule has 0 aliphatic rings. The lowest BCUT2D eigenvalue weighted by Crippen LogP contribution is -2.34. The van der Waals surface area contributed by atoms with E-state index in [0.717, 1.165) is 6.07 Å². The van der Waals surface area contributed by atoms with Crippen LogP contribution in [0.3, 0.4) is 0 Å². The van der Waals surface area contributed by atoms with Crippen molar-refractivity contribution in [1.29, 1.82) is 0 Å². The molecule has 0 fully saturated rings. The summed E-state index contributed by atoms with van der Waals surface area (Å²) < 4.78 is 18.9. The highest BCUT2D eigenvalue weighted by Gasteiger charge is 2.21. The zero-order valence-electron chi connectivity index (χ0n) is 9.47. The third-order valence-electron chi connectivity index (χ3n) is 2.10. The van der Waals surface area contributed by atoms with E-state index >= 15 is 0 Å². The Labute approximate surface area is 103 Å². The predicted octanol–water partition coefficient (Wildman–Crippen LogP) is 2.58. The number of rotatable bonds is 3. The molecule has 0 bridgehead atoms. The molecule has 0 saturated carbocycles. The van der Waals surface area contributed by atoms with Crippen LogP contribution in [0.5, 0.6) is 11.5 Å². The lowest BCUT2D eigenvalue weighted by atomic mass is 9.95. The standard InChI is InChI=1S/C11H15BrFNO2/c1-11(2,14)5-6-7(13)4-8(16-3)10(15)9(6)12/h4,15H,5,14H2,1-3H3. The molecule has 0 radical (unpaired) electrons. The van der Waals surface area contributed by atoms with Crippen LogP contribution in [0.2, 0.25) is 0 Å². The third-order valence-corrected chi connectivity index (χ3v) is 2.96. The van der Waals surface area contributed by atoms with E-state index in [0.29, 0.717) is 16.5 Å². The minimum atomic E-state index is -0.551. The molecular weight excluding hydrogens is 277 g/mol. The van der Waals surface area contributed by atoms with E-state index < -0.39 is 11.4 Å². The normalized spacial score (nSPS) is 11.6. The Morgan fingerprint density at radius 3 is 2.56 bits per heavy atom. The van der Waals surface area contributed by atoms with Crippen molar-refractivity contribution in [3.05, 3.63) is 21.9 Å². The number of nitrogens with two attached hydrogens (primary N) is 1. The molecule has 0 spiro atoms. The highest BCUT2D eigenvalue weighted by molar-refractivity contribution is 9.10. The van der Waals surface area contributed by atoms with Gasteiger partial charge in [-0.25, -0.2) is 4.39 Å². The third kappa shape index (κ3) is 2.86. The number of aromatic hydroxyl groups is 1. The summed E-state index contributed by atoms with van der Waals surface area (Å²) in [6.45, 7) is 3.58. The van der Waals surface area contributed by atoms with Crippen LogP contribution >= 0.6 is 15.9 Å². The molecule has 0 amide bonds. The summed E-state index contributed by atoms with van der Waals surface area (Å²) in [6.07, 6.45) is 0.316. The maximum absolute atomic E-state index is 13.7. The number of ether oxygens (including phenoxy) is 1. The van der Waals surface area contributed by atoms with Crippen molar-refractivity contribution in [2.75, 3.05) is 7.11 Å². The Balaban J connectivity index is 3.26. The van der Waals surface area contributed by atoms with E-state index in [4.69, 9.17) is 10.5 Å². The molecule has 0 saturated heterocycles. The van der Waals surface area contributed by atoms with Gasteiger partial charge < -0.3 is 15.6 Å². The summed E-state index contributed by atoms with van der Waals surface area (Å²) >= 11 is 3.15. The summed E-state index contributed by atoms with van der Waals surface area (Å²) in [4.78, 5) is 0. The molecular formula is C11H15BrFNO2. The minimum Gasteiger partial charge on any atom is -0.503 e. The molecule has 1 aromatic rings. The lowest BCUT2D eigenvalue weighted by molar-refractivity contribution is 0.366. The second-order valence-corrected chi connectivity index (χ2v) is 5.16. The van der Waals surface area contributed by atoms with Gasteiger partial charge in [0.05, 0.1) is 11.6 Å². The Kier molecular flexibility index (Phi) is 3.80. The first-order valence-electron chi connectivity index (χ1n) is 4.79. The Morgan fingerprint density at radius 2 is 2.12 bits per heavy atom. The van der Waals surface area contributed by atoms with E-state index in [1.54, 1.807) is 13.8 Å². The van der Waals surface area contributed by atoms with Gasteiger partial charge in [-0.3, -0.25) is 0 Å². The maximum Gasteiger partial charge on any atom is 0.172 e. The van der Waals surface area contributed by atoms with Crippen LogP contribution in [-0.2, 0) is 6.42 Å². The number of hydrogen-bond acceptors (Lipinski definition) is 3. The van der Waals surface area contributed by atoms with Crippen LogP contribution in [0.15, 0.2) is 10.5 Å². The summed E-state index contributed by atoms with van der Waals surface area (Å²) in [7, 11) is 1.37. The number of hydrogen-bond donors (Lipinski definition) is 2. The van der Waals surface area contributed by atoms with Gasteiger partial charge >= 0.3 is 0 Å². The molecule has 0 heterocycles.